The fraction of sp³-hybridized carbons (Fsp3) is 0.304. The first kappa shape index (κ1) is 21.2. The van der Waals surface area contributed by atoms with E-state index in [1.165, 1.54) is 0 Å². The molecular weight excluding hydrogens is 386 g/mol. The number of fused-ring (bicyclic) bond motifs is 1. The molecule has 3 rings (SSSR count). The van der Waals surface area contributed by atoms with Crippen LogP contribution in [-0.2, 0) is 16.2 Å². The number of carbonyl (C=O) groups excluding carboxylic acids is 1. The van der Waals surface area contributed by atoms with E-state index < -0.39 is 5.97 Å². The summed E-state index contributed by atoms with van der Waals surface area (Å²) in [7, 11) is 0. The molecule has 0 fully saturated rings. The minimum Gasteiger partial charge on any atom is -0.494 e. The van der Waals surface area contributed by atoms with Crippen molar-refractivity contribution in [3.8, 4) is 11.5 Å². The van der Waals surface area contributed by atoms with Crippen molar-refractivity contribution in [3.05, 3.63) is 59.9 Å². The number of hydrogen-bond acceptors (Lipinski definition) is 5. The van der Waals surface area contributed by atoms with Gasteiger partial charge >= 0.3 is 5.97 Å². The second-order valence-corrected chi connectivity index (χ2v) is 6.90. The van der Waals surface area contributed by atoms with Gasteiger partial charge in [0.15, 0.2) is 0 Å². The van der Waals surface area contributed by atoms with Gasteiger partial charge in [-0.2, -0.15) is 0 Å². The second-order valence-electron chi connectivity index (χ2n) is 6.90. The molecule has 0 radical (unpaired) electrons. The Morgan fingerprint density at radius 3 is 2.47 bits per heavy atom. The largest absolute Gasteiger partial charge is 0.494 e. The minimum absolute atomic E-state index is 0.0660. The highest BCUT2D eigenvalue weighted by Gasteiger charge is 2.15. The molecule has 1 unspecified atom stereocenters. The quantitative estimate of drug-likeness (QED) is 0.511. The van der Waals surface area contributed by atoms with Gasteiger partial charge in [0.25, 0.3) is 0 Å². The van der Waals surface area contributed by atoms with Gasteiger partial charge in [-0.05, 0) is 55.8 Å². The Bertz CT molecular complexity index is 1010. The topological polar surface area (TPSA) is 98.0 Å². The Balaban J connectivity index is 1.61. The van der Waals surface area contributed by atoms with E-state index in [9.17, 15) is 9.59 Å². The second kappa shape index (κ2) is 9.82. The van der Waals surface area contributed by atoms with Crippen molar-refractivity contribution in [1.82, 2.24) is 5.32 Å². The number of benzene rings is 2. The smallest absolute Gasteiger partial charge is 0.303 e. The highest BCUT2D eigenvalue weighted by Crippen LogP contribution is 2.28. The van der Waals surface area contributed by atoms with Gasteiger partial charge in [0.2, 0.25) is 5.91 Å². The van der Waals surface area contributed by atoms with Crippen LogP contribution in [0.4, 0.5) is 0 Å². The van der Waals surface area contributed by atoms with Crippen LogP contribution in [-0.4, -0.2) is 23.6 Å². The molecule has 0 saturated heterocycles. The van der Waals surface area contributed by atoms with Crippen molar-refractivity contribution in [1.29, 1.82) is 0 Å². The van der Waals surface area contributed by atoms with Gasteiger partial charge in [0.1, 0.15) is 29.4 Å². The average molecular weight is 411 g/mol. The van der Waals surface area contributed by atoms with Crippen LogP contribution in [0, 0.1) is 0 Å². The zero-order chi connectivity index (χ0) is 21.5. The normalized spacial score (nSPS) is 11.8. The maximum atomic E-state index is 11.8. The Hall–Kier alpha value is -3.48. The van der Waals surface area contributed by atoms with E-state index >= 15 is 0 Å². The molecule has 0 aliphatic heterocycles. The summed E-state index contributed by atoms with van der Waals surface area (Å²) in [6, 6.07) is 14.8. The number of ether oxygens (including phenoxy) is 2. The van der Waals surface area contributed by atoms with Gasteiger partial charge in [0.05, 0.1) is 19.1 Å². The molecule has 1 amide bonds. The predicted octanol–water partition coefficient (Wildman–Crippen LogP) is 4.45. The molecule has 0 spiro atoms. The van der Waals surface area contributed by atoms with Gasteiger partial charge in [-0.25, -0.2) is 0 Å². The van der Waals surface area contributed by atoms with Crippen molar-refractivity contribution in [2.75, 3.05) is 6.61 Å². The van der Waals surface area contributed by atoms with Crippen molar-refractivity contribution in [3.63, 3.8) is 0 Å². The van der Waals surface area contributed by atoms with Gasteiger partial charge in [0, 0.05) is 11.8 Å². The fourth-order valence-electron chi connectivity index (χ4n) is 2.97. The first-order valence-corrected chi connectivity index (χ1v) is 9.83. The SMILES string of the molecule is CCOc1ccc(COc2ccc3oc(C(C)NC(=O)CCC(=O)O)cc3c2)cc1. The van der Waals surface area contributed by atoms with Gasteiger partial charge < -0.3 is 24.3 Å². The van der Waals surface area contributed by atoms with Crippen molar-refractivity contribution >= 4 is 22.8 Å². The van der Waals surface area contributed by atoms with Crippen LogP contribution in [0.5, 0.6) is 11.5 Å². The number of hydrogen-bond donors (Lipinski definition) is 2. The number of aliphatic carboxylic acids is 1. The van der Waals surface area contributed by atoms with E-state index in [-0.39, 0.29) is 24.8 Å². The molecular formula is C23H25NO6. The lowest BCUT2D eigenvalue weighted by molar-refractivity contribution is -0.138. The summed E-state index contributed by atoms with van der Waals surface area (Å²) in [6.45, 7) is 4.80. The molecule has 1 aromatic heterocycles. The summed E-state index contributed by atoms with van der Waals surface area (Å²) < 4.78 is 17.1. The van der Waals surface area contributed by atoms with Gasteiger partial charge in [-0.3, -0.25) is 9.59 Å². The fourth-order valence-corrected chi connectivity index (χ4v) is 2.97. The highest BCUT2D eigenvalue weighted by molar-refractivity contribution is 5.82. The predicted molar refractivity (Wildman–Crippen MR) is 112 cm³/mol. The number of carboxylic acids is 1. The first-order valence-electron chi connectivity index (χ1n) is 9.83. The van der Waals surface area contributed by atoms with Crippen LogP contribution in [0.15, 0.2) is 52.9 Å². The Morgan fingerprint density at radius 1 is 1.03 bits per heavy atom. The van der Waals surface area contributed by atoms with E-state index in [0.29, 0.717) is 30.3 Å². The summed E-state index contributed by atoms with van der Waals surface area (Å²) in [5.74, 6) is 0.807. The lowest BCUT2D eigenvalue weighted by Crippen LogP contribution is -2.26. The molecule has 2 aromatic carbocycles. The molecule has 7 nitrogen and oxygen atoms in total. The molecule has 2 N–H and O–H groups in total. The number of carbonyl (C=O) groups is 2. The minimum atomic E-state index is -1.00. The average Bonchev–Trinajstić information content (AvgIpc) is 3.15. The molecule has 1 heterocycles. The van der Waals surface area contributed by atoms with Crippen LogP contribution in [0.3, 0.4) is 0 Å². The molecule has 7 heteroatoms. The molecule has 0 aliphatic carbocycles. The van der Waals surface area contributed by atoms with E-state index in [2.05, 4.69) is 5.32 Å². The van der Waals surface area contributed by atoms with Gasteiger partial charge in [-0.15, -0.1) is 0 Å². The van der Waals surface area contributed by atoms with E-state index in [1.807, 2.05) is 55.5 Å². The third-order valence-corrected chi connectivity index (χ3v) is 4.52. The number of amides is 1. The van der Waals surface area contributed by atoms with E-state index in [4.69, 9.17) is 19.0 Å². The third kappa shape index (κ3) is 5.76. The molecule has 30 heavy (non-hydrogen) atoms. The summed E-state index contributed by atoms with van der Waals surface area (Å²) in [6.07, 6.45) is -0.267. The number of rotatable bonds is 10. The standard InChI is InChI=1S/C23H25NO6/c1-3-28-18-6-4-16(5-7-18)14-29-19-8-9-20-17(12-19)13-21(30-20)15(2)24-22(25)10-11-23(26)27/h4-9,12-13,15H,3,10-11,14H2,1-2H3,(H,24,25)(H,26,27). The zero-order valence-electron chi connectivity index (χ0n) is 17.0. The summed E-state index contributed by atoms with van der Waals surface area (Å²) in [4.78, 5) is 22.4. The van der Waals surface area contributed by atoms with Crippen LogP contribution in [0.25, 0.3) is 11.0 Å². The molecule has 3 aromatic rings. The molecule has 0 aliphatic rings. The van der Waals surface area contributed by atoms with Crippen molar-refractivity contribution in [2.24, 2.45) is 0 Å². The van der Waals surface area contributed by atoms with Crippen molar-refractivity contribution in [2.45, 2.75) is 39.3 Å². The van der Waals surface area contributed by atoms with Crippen LogP contribution < -0.4 is 14.8 Å². The highest BCUT2D eigenvalue weighted by atomic mass is 16.5. The monoisotopic (exact) mass is 411 g/mol. The molecule has 1 atom stereocenters. The first-order chi connectivity index (χ1) is 14.4. The Morgan fingerprint density at radius 2 is 1.77 bits per heavy atom. The van der Waals surface area contributed by atoms with Crippen molar-refractivity contribution < 1.29 is 28.6 Å². The Labute approximate surface area is 174 Å². The maximum absolute atomic E-state index is 11.8. The van der Waals surface area contributed by atoms with E-state index in [0.717, 1.165) is 16.7 Å². The maximum Gasteiger partial charge on any atom is 0.303 e. The molecule has 158 valence electrons. The Kier molecular flexibility index (Phi) is 6.95. The summed E-state index contributed by atoms with van der Waals surface area (Å²) in [5, 5.41) is 12.3. The lowest BCUT2D eigenvalue weighted by atomic mass is 10.2. The molecule has 0 saturated carbocycles. The van der Waals surface area contributed by atoms with Gasteiger partial charge in [-0.1, -0.05) is 12.1 Å². The lowest BCUT2D eigenvalue weighted by Gasteiger charge is -2.10. The molecule has 0 bridgehead atoms. The van der Waals surface area contributed by atoms with Crippen LogP contribution >= 0.6 is 0 Å². The third-order valence-electron chi connectivity index (χ3n) is 4.52. The summed E-state index contributed by atoms with van der Waals surface area (Å²) >= 11 is 0. The number of furan rings is 1. The zero-order valence-corrected chi connectivity index (χ0v) is 17.0. The van der Waals surface area contributed by atoms with Crippen LogP contribution in [0.2, 0.25) is 0 Å². The van der Waals surface area contributed by atoms with E-state index in [1.54, 1.807) is 6.92 Å². The number of nitrogens with one attached hydrogen (secondary N) is 1. The number of carboxylic acid groups (broad SMARTS) is 1. The van der Waals surface area contributed by atoms with Crippen LogP contribution in [0.1, 0.15) is 44.1 Å². The summed E-state index contributed by atoms with van der Waals surface area (Å²) in [5.41, 5.74) is 1.72.